The molecule has 2 rings (SSSR count). The molecule has 1 amide bonds. The lowest BCUT2D eigenvalue weighted by molar-refractivity contribution is 0.0997. The Morgan fingerprint density at radius 1 is 1.31 bits per heavy atom. The molecule has 1 heterocycles. The monoisotopic (exact) mass is 217 g/mol. The summed E-state index contributed by atoms with van der Waals surface area (Å²) in [6.07, 6.45) is 1.41. The number of nitrogen functional groups attached to an aromatic ring is 1. The molecule has 5 N–H and O–H groups in total. The molecule has 0 unspecified atom stereocenters. The second kappa shape index (κ2) is 3.93. The largest absolute Gasteiger partial charge is 0.382 e. The third-order valence-corrected chi connectivity index (χ3v) is 2.06. The van der Waals surface area contributed by atoms with Crippen molar-refractivity contribution in [1.82, 2.24) is 9.66 Å². The van der Waals surface area contributed by atoms with Crippen LogP contribution in [0.4, 0.5) is 11.5 Å². The fourth-order valence-corrected chi connectivity index (χ4v) is 1.29. The van der Waals surface area contributed by atoms with Gasteiger partial charge in [0.15, 0.2) is 11.5 Å². The Labute approximate surface area is 91.9 Å². The molecule has 0 radical (unpaired) electrons. The van der Waals surface area contributed by atoms with E-state index in [9.17, 15) is 4.79 Å². The van der Waals surface area contributed by atoms with Crippen LogP contribution in [0.15, 0.2) is 36.7 Å². The number of benzene rings is 1. The minimum Gasteiger partial charge on any atom is -0.382 e. The van der Waals surface area contributed by atoms with Crippen LogP contribution in [0.5, 0.6) is 0 Å². The van der Waals surface area contributed by atoms with Crippen molar-refractivity contribution in [1.29, 1.82) is 0 Å². The van der Waals surface area contributed by atoms with Crippen LogP contribution in [0.1, 0.15) is 10.5 Å². The number of imidazole rings is 1. The summed E-state index contributed by atoms with van der Waals surface area (Å²) in [6.45, 7) is 0. The smallest absolute Gasteiger partial charge is 0.271 e. The topological polar surface area (TPSA) is 99.0 Å². The number of carbonyl (C=O) groups excluding carboxylic acids is 1. The first-order chi connectivity index (χ1) is 7.68. The summed E-state index contributed by atoms with van der Waals surface area (Å²) in [5.41, 5.74) is 14.7. The predicted molar refractivity (Wildman–Crippen MR) is 60.6 cm³/mol. The lowest BCUT2D eigenvalue weighted by Gasteiger charge is -2.08. The molecule has 6 nitrogen and oxygen atoms in total. The van der Waals surface area contributed by atoms with Gasteiger partial charge in [-0.15, -0.1) is 0 Å². The Bertz CT molecular complexity index is 505. The maximum atomic E-state index is 10.9. The number of nitrogens with zero attached hydrogens (tertiary/aromatic N) is 2. The van der Waals surface area contributed by atoms with E-state index >= 15 is 0 Å². The fraction of sp³-hybridized carbons (Fsp3) is 0. The van der Waals surface area contributed by atoms with Crippen molar-refractivity contribution in [2.24, 2.45) is 5.73 Å². The summed E-state index contributed by atoms with van der Waals surface area (Å²) in [5.74, 6) is -0.456. The van der Waals surface area contributed by atoms with Gasteiger partial charge in [0.05, 0.1) is 5.69 Å². The number of nitrogens with two attached hydrogens (primary N) is 2. The summed E-state index contributed by atoms with van der Waals surface area (Å²) < 4.78 is 1.44. The van der Waals surface area contributed by atoms with E-state index in [2.05, 4.69) is 10.4 Å². The standard InChI is InChI=1S/C10H11N5O/c11-9-8(10(12)16)13-6-15(9)14-7-4-2-1-3-5-7/h1-6,14H,11H2,(H2,12,16). The van der Waals surface area contributed by atoms with Crippen molar-refractivity contribution in [3.8, 4) is 0 Å². The molecule has 1 aromatic heterocycles. The summed E-state index contributed by atoms with van der Waals surface area (Å²) in [7, 11) is 0. The van der Waals surface area contributed by atoms with E-state index in [1.54, 1.807) is 0 Å². The van der Waals surface area contributed by atoms with E-state index < -0.39 is 5.91 Å². The predicted octanol–water partition coefficient (Wildman–Crippen LogP) is 0.439. The summed E-state index contributed by atoms with van der Waals surface area (Å²) in [6, 6.07) is 9.39. The van der Waals surface area contributed by atoms with Gasteiger partial charge in [-0.1, -0.05) is 18.2 Å². The Morgan fingerprint density at radius 2 is 2.00 bits per heavy atom. The maximum Gasteiger partial charge on any atom is 0.271 e. The van der Waals surface area contributed by atoms with Crippen LogP contribution in [0.25, 0.3) is 0 Å². The number of carbonyl (C=O) groups is 1. The summed E-state index contributed by atoms with van der Waals surface area (Å²) in [4.78, 5) is 14.7. The molecule has 0 aliphatic carbocycles. The zero-order valence-electron chi connectivity index (χ0n) is 8.42. The number of para-hydroxylation sites is 1. The molecule has 0 fully saturated rings. The minimum absolute atomic E-state index is 0.0587. The quantitative estimate of drug-likeness (QED) is 0.694. The van der Waals surface area contributed by atoms with Gasteiger partial charge in [-0.25, -0.2) is 9.66 Å². The number of primary amides is 1. The van der Waals surface area contributed by atoms with Gasteiger partial charge in [-0.3, -0.25) is 10.2 Å². The van der Waals surface area contributed by atoms with E-state index in [1.807, 2.05) is 30.3 Å². The van der Waals surface area contributed by atoms with Gasteiger partial charge < -0.3 is 11.5 Å². The molecular weight excluding hydrogens is 206 g/mol. The fourth-order valence-electron chi connectivity index (χ4n) is 1.29. The number of hydrogen-bond acceptors (Lipinski definition) is 4. The van der Waals surface area contributed by atoms with Crippen LogP contribution >= 0.6 is 0 Å². The number of anilines is 2. The molecule has 2 aromatic rings. The van der Waals surface area contributed by atoms with Gasteiger partial charge >= 0.3 is 0 Å². The van der Waals surface area contributed by atoms with Gasteiger partial charge in [0, 0.05) is 0 Å². The molecule has 82 valence electrons. The van der Waals surface area contributed by atoms with Crippen molar-refractivity contribution >= 4 is 17.4 Å². The van der Waals surface area contributed by atoms with Crippen molar-refractivity contribution in [3.63, 3.8) is 0 Å². The van der Waals surface area contributed by atoms with Gasteiger partial charge in [0.1, 0.15) is 6.33 Å². The number of nitrogens with one attached hydrogen (secondary N) is 1. The van der Waals surface area contributed by atoms with Gasteiger partial charge in [-0.05, 0) is 12.1 Å². The highest BCUT2D eigenvalue weighted by atomic mass is 16.1. The van der Waals surface area contributed by atoms with Crippen LogP contribution in [0.2, 0.25) is 0 Å². The van der Waals surface area contributed by atoms with E-state index in [1.165, 1.54) is 11.0 Å². The van der Waals surface area contributed by atoms with Gasteiger partial charge in [0.2, 0.25) is 0 Å². The van der Waals surface area contributed by atoms with E-state index in [0.29, 0.717) is 0 Å². The van der Waals surface area contributed by atoms with E-state index in [0.717, 1.165) is 5.69 Å². The highest BCUT2D eigenvalue weighted by Crippen LogP contribution is 2.11. The van der Waals surface area contributed by atoms with Crippen LogP contribution in [-0.2, 0) is 0 Å². The second-order valence-corrected chi connectivity index (χ2v) is 3.19. The maximum absolute atomic E-state index is 10.9. The van der Waals surface area contributed by atoms with Crippen LogP contribution in [0.3, 0.4) is 0 Å². The molecule has 0 bridgehead atoms. The number of aromatic nitrogens is 2. The Kier molecular flexibility index (Phi) is 2.47. The van der Waals surface area contributed by atoms with Gasteiger partial charge in [0.25, 0.3) is 5.91 Å². The molecule has 0 spiro atoms. The van der Waals surface area contributed by atoms with Crippen molar-refractivity contribution in [2.45, 2.75) is 0 Å². The van der Waals surface area contributed by atoms with Crippen molar-refractivity contribution in [3.05, 3.63) is 42.4 Å². The summed E-state index contributed by atoms with van der Waals surface area (Å²) in [5, 5.41) is 0. The van der Waals surface area contributed by atoms with Crippen molar-refractivity contribution in [2.75, 3.05) is 11.2 Å². The SMILES string of the molecule is NC(=O)c1ncn(Nc2ccccc2)c1N. The number of amides is 1. The van der Waals surface area contributed by atoms with Crippen LogP contribution in [-0.4, -0.2) is 15.6 Å². The average molecular weight is 217 g/mol. The van der Waals surface area contributed by atoms with Crippen LogP contribution < -0.4 is 16.9 Å². The molecule has 0 saturated heterocycles. The highest BCUT2D eigenvalue weighted by Gasteiger charge is 2.12. The van der Waals surface area contributed by atoms with Gasteiger partial charge in [-0.2, -0.15) is 0 Å². The third-order valence-electron chi connectivity index (χ3n) is 2.06. The third kappa shape index (κ3) is 1.81. The zero-order chi connectivity index (χ0) is 11.5. The lowest BCUT2D eigenvalue weighted by atomic mass is 10.3. The first-order valence-electron chi connectivity index (χ1n) is 4.63. The molecule has 6 heteroatoms. The van der Waals surface area contributed by atoms with E-state index in [-0.39, 0.29) is 11.5 Å². The van der Waals surface area contributed by atoms with Crippen LogP contribution in [0, 0.1) is 0 Å². The average Bonchev–Trinajstić information content (AvgIpc) is 2.62. The lowest BCUT2D eigenvalue weighted by Crippen LogP contribution is -2.16. The van der Waals surface area contributed by atoms with Crippen molar-refractivity contribution < 1.29 is 4.79 Å². The Balaban J connectivity index is 2.26. The summed E-state index contributed by atoms with van der Waals surface area (Å²) >= 11 is 0. The molecule has 1 aromatic carbocycles. The zero-order valence-corrected chi connectivity index (χ0v) is 8.42. The first kappa shape index (κ1) is 10.0. The first-order valence-corrected chi connectivity index (χ1v) is 4.63. The number of rotatable bonds is 3. The highest BCUT2D eigenvalue weighted by molar-refractivity contribution is 5.95. The molecule has 0 aliphatic heterocycles. The second-order valence-electron chi connectivity index (χ2n) is 3.19. The van der Waals surface area contributed by atoms with E-state index in [4.69, 9.17) is 11.5 Å². The molecular formula is C10H11N5O. The molecule has 16 heavy (non-hydrogen) atoms. The Hall–Kier alpha value is -2.50. The number of hydrogen-bond donors (Lipinski definition) is 3. The molecule has 0 aliphatic rings. The molecule has 0 atom stereocenters. The normalized spacial score (nSPS) is 10.0. The molecule has 0 saturated carbocycles. The Morgan fingerprint density at radius 3 is 2.56 bits per heavy atom. The minimum atomic E-state index is -0.647.